The molecule has 0 aliphatic rings. The highest BCUT2D eigenvalue weighted by atomic mass is 16.7. The molecule has 0 atom stereocenters. The summed E-state index contributed by atoms with van der Waals surface area (Å²) in [5, 5.41) is 7.94. The van der Waals surface area contributed by atoms with Crippen molar-refractivity contribution in [1.29, 1.82) is 0 Å². The Morgan fingerprint density at radius 3 is 1.44 bits per heavy atom. The van der Waals surface area contributed by atoms with Gasteiger partial charge in [-0.3, -0.25) is 0 Å². The summed E-state index contributed by atoms with van der Waals surface area (Å²) in [6.07, 6.45) is 3.85. The van der Waals surface area contributed by atoms with Crippen LogP contribution in [0.1, 0.15) is 24.0 Å². The minimum absolute atomic E-state index is 0.343. The molecule has 0 spiro atoms. The highest BCUT2D eigenvalue weighted by Crippen LogP contribution is 2.36. The van der Waals surface area contributed by atoms with E-state index in [4.69, 9.17) is 18.9 Å². The first kappa shape index (κ1) is 22.7. The maximum absolute atomic E-state index is 5.56. The van der Waals surface area contributed by atoms with Gasteiger partial charge in [0.25, 0.3) is 0 Å². The van der Waals surface area contributed by atoms with Crippen LogP contribution in [0.15, 0.2) is 60.7 Å². The van der Waals surface area contributed by atoms with Crippen LogP contribution >= 0.6 is 0 Å². The van der Waals surface area contributed by atoms with E-state index in [1.807, 2.05) is 0 Å². The number of hydrogen-bond donors (Lipinski definition) is 0. The van der Waals surface area contributed by atoms with Gasteiger partial charge in [0.05, 0.1) is 0 Å². The van der Waals surface area contributed by atoms with E-state index in [1.54, 1.807) is 14.2 Å². The van der Waals surface area contributed by atoms with Gasteiger partial charge in [0.2, 0.25) is 0 Å². The summed E-state index contributed by atoms with van der Waals surface area (Å²) < 4.78 is 21.2. The van der Waals surface area contributed by atoms with Crippen LogP contribution in [0.4, 0.5) is 0 Å². The highest BCUT2D eigenvalue weighted by molar-refractivity contribution is 6.10. The second-order valence-electron chi connectivity index (χ2n) is 8.08. The predicted octanol–water partition coefficient (Wildman–Crippen LogP) is 6.25. The van der Waals surface area contributed by atoms with E-state index in [0.29, 0.717) is 26.8 Å². The normalized spacial score (nSPS) is 11.7. The molecule has 4 nitrogen and oxygen atoms in total. The molecular formula is C28H32O4. The molecule has 168 valence electrons. The molecule has 0 heterocycles. The van der Waals surface area contributed by atoms with Crippen LogP contribution in [0.5, 0.6) is 0 Å². The van der Waals surface area contributed by atoms with E-state index >= 15 is 0 Å². The lowest BCUT2D eigenvalue weighted by Gasteiger charge is -2.17. The number of benzene rings is 4. The van der Waals surface area contributed by atoms with Crippen molar-refractivity contribution in [2.45, 2.75) is 25.7 Å². The molecule has 0 saturated carbocycles. The molecule has 0 aliphatic carbocycles. The van der Waals surface area contributed by atoms with Crippen LogP contribution < -0.4 is 0 Å². The van der Waals surface area contributed by atoms with Gasteiger partial charge >= 0.3 is 0 Å². The monoisotopic (exact) mass is 432 g/mol. The summed E-state index contributed by atoms with van der Waals surface area (Å²) in [5.74, 6) is 0. The lowest BCUT2D eigenvalue weighted by atomic mass is 9.88. The zero-order chi connectivity index (χ0) is 22.2. The number of methoxy groups -OCH3 is 2. The molecule has 4 aromatic rings. The zero-order valence-electron chi connectivity index (χ0n) is 19.1. The van der Waals surface area contributed by atoms with Crippen molar-refractivity contribution < 1.29 is 18.9 Å². The van der Waals surface area contributed by atoms with E-state index < -0.39 is 0 Å². The minimum atomic E-state index is 0.343. The Balaban J connectivity index is 1.79. The fraction of sp³-hybridized carbons (Fsp3) is 0.357. The topological polar surface area (TPSA) is 36.9 Å². The van der Waals surface area contributed by atoms with Crippen molar-refractivity contribution in [2.75, 3.05) is 41.0 Å². The van der Waals surface area contributed by atoms with E-state index in [-0.39, 0.29) is 0 Å². The van der Waals surface area contributed by atoms with E-state index in [1.165, 1.54) is 43.4 Å². The fourth-order valence-corrected chi connectivity index (χ4v) is 4.58. The van der Waals surface area contributed by atoms with Gasteiger partial charge in [0.1, 0.15) is 13.6 Å². The average molecular weight is 433 g/mol. The maximum Gasteiger partial charge on any atom is 0.146 e. The molecule has 0 radical (unpaired) electrons. The van der Waals surface area contributed by atoms with E-state index in [9.17, 15) is 0 Å². The Bertz CT molecular complexity index is 1080. The molecule has 0 aliphatic heterocycles. The molecule has 0 saturated heterocycles. The highest BCUT2D eigenvalue weighted by Gasteiger charge is 2.14. The van der Waals surface area contributed by atoms with Crippen molar-refractivity contribution in [3.63, 3.8) is 0 Å². The first-order chi connectivity index (χ1) is 15.8. The van der Waals surface area contributed by atoms with Gasteiger partial charge in [-0.1, -0.05) is 48.5 Å². The molecule has 0 unspecified atom stereocenters. The second-order valence-corrected chi connectivity index (χ2v) is 8.08. The molecule has 0 bridgehead atoms. The Morgan fingerprint density at radius 1 is 0.562 bits per heavy atom. The molecule has 0 fully saturated rings. The minimum Gasteiger partial charge on any atom is -0.359 e. The largest absolute Gasteiger partial charge is 0.359 e. The third-order valence-electron chi connectivity index (χ3n) is 5.95. The number of hydrogen-bond acceptors (Lipinski definition) is 4. The molecular weight excluding hydrogens is 400 g/mol. The van der Waals surface area contributed by atoms with Gasteiger partial charge in [0.15, 0.2) is 0 Å². The first-order valence-electron chi connectivity index (χ1n) is 11.3. The zero-order valence-corrected chi connectivity index (χ0v) is 19.1. The van der Waals surface area contributed by atoms with Crippen molar-refractivity contribution in [3.05, 3.63) is 71.8 Å². The van der Waals surface area contributed by atoms with E-state index in [0.717, 1.165) is 25.7 Å². The standard InChI is InChI=1S/C28H32O4/c1-29-19-31-15-7-13-25-23-11-5-3-9-21(23)18-28-26(14-8-16-32-20-30-2)24-12-6-4-10-22(24)17-27(25)28/h3-6,9-12,17-18H,7-8,13-16,19-20H2,1-2H3. The van der Waals surface area contributed by atoms with Gasteiger partial charge < -0.3 is 18.9 Å². The van der Waals surface area contributed by atoms with Crippen molar-refractivity contribution in [3.8, 4) is 0 Å². The maximum atomic E-state index is 5.56. The summed E-state index contributed by atoms with van der Waals surface area (Å²) in [5.41, 5.74) is 2.81. The first-order valence-corrected chi connectivity index (χ1v) is 11.3. The fourth-order valence-electron chi connectivity index (χ4n) is 4.58. The van der Waals surface area contributed by atoms with Crippen LogP contribution in [0, 0.1) is 0 Å². The predicted molar refractivity (Wildman–Crippen MR) is 131 cm³/mol. The molecule has 0 amide bonds. The van der Waals surface area contributed by atoms with Crippen LogP contribution in [0.3, 0.4) is 0 Å². The van der Waals surface area contributed by atoms with Gasteiger partial charge in [0, 0.05) is 27.4 Å². The Hall–Kier alpha value is -2.50. The quantitative estimate of drug-likeness (QED) is 0.151. The van der Waals surface area contributed by atoms with Crippen LogP contribution in [-0.4, -0.2) is 41.0 Å². The number of aryl methyl sites for hydroxylation is 2. The van der Waals surface area contributed by atoms with Gasteiger partial charge in [-0.05, 0) is 81.3 Å². The van der Waals surface area contributed by atoms with E-state index in [2.05, 4.69) is 60.7 Å². The molecule has 4 rings (SSSR count). The SMILES string of the molecule is COCOCCCc1c2ccccc2cc2c(CCCOCOC)c3ccccc3cc12. The van der Waals surface area contributed by atoms with Crippen LogP contribution in [0.2, 0.25) is 0 Å². The van der Waals surface area contributed by atoms with Gasteiger partial charge in [-0.2, -0.15) is 0 Å². The number of rotatable bonds is 12. The summed E-state index contributed by atoms with van der Waals surface area (Å²) >= 11 is 0. The average Bonchev–Trinajstić information content (AvgIpc) is 2.83. The van der Waals surface area contributed by atoms with Crippen LogP contribution in [-0.2, 0) is 31.8 Å². The third kappa shape index (κ3) is 5.11. The summed E-state index contributed by atoms with van der Waals surface area (Å²) in [6.45, 7) is 2.07. The molecule has 32 heavy (non-hydrogen) atoms. The Labute approximate surface area is 190 Å². The number of fused-ring (bicyclic) bond motifs is 3. The van der Waals surface area contributed by atoms with Crippen molar-refractivity contribution in [2.24, 2.45) is 0 Å². The lowest BCUT2D eigenvalue weighted by molar-refractivity contribution is -0.0311. The van der Waals surface area contributed by atoms with Crippen molar-refractivity contribution in [1.82, 2.24) is 0 Å². The summed E-state index contributed by atoms with van der Waals surface area (Å²) in [6, 6.07) is 22.2. The van der Waals surface area contributed by atoms with Gasteiger partial charge in [-0.15, -0.1) is 0 Å². The lowest BCUT2D eigenvalue weighted by Crippen LogP contribution is -2.02. The Kier molecular flexibility index (Phi) is 8.07. The second kappa shape index (κ2) is 11.4. The third-order valence-corrected chi connectivity index (χ3v) is 5.95. The molecule has 0 N–H and O–H groups in total. The molecule has 4 heteroatoms. The smallest absolute Gasteiger partial charge is 0.146 e. The van der Waals surface area contributed by atoms with Crippen LogP contribution in [0.25, 0.3) is 32.3 Å². The summed E-state index contributed by atoms with van der Waals surface area (Å²) in [7, 11) is 3.32. The van der Waals surface area contributed by atoms with Gasteiger partial charge in [-0.25, -0.2) is 0 Å². The van der Waals surface area contributed by atoms with Crippen molar-refractivity contribution >= 4 is 32.3 Å². The molecule has 4 aromatic carbocycles. The Morgan fingerprint density at radius 2 is 1.00 bits per heavy atom. The number of ether oxygens (including phenoxy) is 4. The summed E-state index contributed by atoms with van der Waals surface area (Å²) in [4.78, 5) is 0. The molecule has 0 aromatic heterocycles.